The van der Waals surface area contributed by atoms with Gasteiger partial charge in [0, 0.05) is 25.6 Å². The molecular formula is C11H13F5N2. The van der Waals surface area contributed by atoms with E-state index >= 15 is 0 Å². The highest BCUT2D eigenvalue weighted by atomic mass is 19.4. The van der Waals surface area contributed by atoms with Crippen LogP contribution < -0.4 is 0 Å². The Bertz CT molecular complexity index is 400. The molecule has 102 valence electrons. The summed E-state index contributed by atoms with van der Waals surface area (Å²) in [5.74, 6) is -2.64. The summed E-state index contributed by atoms with van der Waals surface area (Å²) in [6, 6.07) is 0. The topological polar surface area (TPSA) is 17.8 Å². The first kappa shape index (κ1) is 13.3. The Morgan fingerprint density at radius 2 is 1.89 bits per heavy atom. The molecule has 1 heterocycles. The molecule has 1 aromatic heterocycles. The van der Waals surface area contributed by atoms with Crippen LogP contribution in [-0.4, -0.2) is 15.7 Å². The third-order valence-corrected chi connectivity index (χ3v) is 3.24. The van der Waals surface area contributed by atoms with E-state index in [4.69, 9.17) is 0 Å². The van der Waals surface area contributed by atoms with Crippen molar-refractivity contribution in [1.29, 1.82) is 0 Å². The van der Waals surface area contributed by atoms with E-state index in [9.17, 15) is 22.0 Å². The number of halogens is 5. The molecule has 2 nitrogen and oxygen atoms in total. The summed E-state index contributed by atoms with van der Waals surface area (Å²) in [5.41, 5.74) is -0.802. The first-order chi connectivity index (χ1) is 8.26. The maximum absolute atomic E-state index is 12.9. The van der Waals surface area contributed by atoms with Crippen molar-refractivity contribution in [3.05, 3.63) is 18.0 Å². The minimum atomic E-state index is -4.40. The molecule has 0 saturated heterocycles. The smallest absolute Gasteiger partial charge is 0.272 e. The van der Waals surface area contributed by atoms with Crippen molar-refractivity contribution in [1.82, 2.24) is 9.78 Å². The van der Waals surface area contributed by atoms with Gasteiger partial charge < -0.3 is 0 Å². The Morgan fingerprint density at radius 1 is 1.28 bits per heavy atom. The van der Waals surface area contributed by atoms with Crippen molar-refractivity contribution in [2.24, 2.45) is 5.92 Å². The van der Waals surface area contributed by atoms with Crippen molar-refractivity contribution in [3.63, 3.8) is 0 Å². The van der Waals surface area contributed by atoms with Crippen LogP contribution in [0.2, 0.25) is 0 Å². The van der Waals surface area contributed by atoms with Gasteiger partial charge in [-0.3, -0.25) is 4.68 Å². The summed E-state index contributed by atoms with van der Waals surface area (Å²) < 4.78 is 64.0. The van der Waals surface area contributed by atoms with Gasteiger partial charge >= 0.3 is 6.18 Å². The highest BCUT2D eigenvalue weighted by Gasteiger charge is 2.36. The molecule has 0 amide bonds. The van der Waals surface area contributed by atoms with Crippen LogP contribution in [0.15, 0.2) is 12.4 Å². The number of aromatic nitrogens is 2. The van der Waals surface area contributed by atoms with E-state index < -0.39 is 17.7 Å². The fraction of sp³-hybridized carbons (Fsp3) is 0.727. The van der Waals surface area contributed by atoms with Crippen LogP contribution in [0, 0.1) is 5.92 Å². The first-order valence-electron chi connectivity index (χ1n) is 5.74. The fourth-order valence-electron chi connectivity index (χ4n) is 2.16. The fourth-order valence-corrected chi connectivity index (χ4v) is 2.16. The molecule has 0 N–H and O–H groups in total. The van der Waals surface area contributed by atoms with Gasteiger partial charge in [-0.15, -0.1) is 0 Å². The van der Waals surface area contributed by atoms with Gasteiger partial charge in [0.05, 0.1) is 11.8 Å². The number of alkyl halides is 5. The van der Waals surface area contributed by atoms with Gasteiger partial charge in [0.2, 0.25) is 5.92 Å². The van der Waals surface area contributed by atoms with Crippen molar-refractivity contribution >= 4 is 0 Å². The molecule has 1 aliphatic carbocycles. The minimum Gasteiger partial charge on any atom is -0.272 e. The summed E-state index contributed by atoms with van der Waals surface area (Å²) in [6.45, 7) is 0.270. The predicted octanol–water partition coefficient (Wildman–Crippen LogP) is 3.73. The third-order valence-electron chi connectivity index (χ3n) is 3.24. The quantitative estimate of drug-likeness (QED) is 0.747. The van der Waals surface area contributed by atoms with E-state index in [1.165, 1.54) is 4.68 Å². The summed E-state index contributed by atoms with van der Waals surface area (Å²) in [5, 5.41) is 3.62. The number of nitrogens with zero attached hydrogens (tertiary/aromatic N) is 2. The molecule has 0 aromatic carbocycles. The van der Waals surface area contributed by atoms with Gasteiger partial charge in [0.25, 0.3) is 0 Å². The molecule has 1 aromatic rings. The zero-order valence-electron chi connectivity index (χ0n) is 9.55. The molecule has 0 unspecified atom stereocenters. The first-order valence-corrected chi connectivity index (χ1v) is 5.74. The van der Waals surface area contributed by atoms with Crippen LogP contribution in [0.5, 0.6) is 0 Å². The molecule has 1 fully saturated rings. The van der Waals surface area contributed by atoms with Crippen LogP contribution in [0.4, 0.5) is 22.0 Å². The van der Waals surface area contributed by atoms with Gasteiger partial charge in [-0.25, -0.2) is 8.78 Å². The SMILES string of the molecule is FC1(F)CCC(Cn2cc(C(F)(F)F)cn2)CC1. The maximum atomic E-state index is 12.9. The second-order valence-electron chi connectivity index (χ2n) is 4.75. The molecule has 7 heteroatoms. The second kappa shape index (κ2) is 4.51. The molecule has 0 radical (unpaired) electrons. The summed E-state index contributed by atoms with van der Waals surface area (Å²) in [6.07, 6.45) is -2.44. The van der Waals surface area contributed by atoms with E-state index in [0.717, 1.165) is 12.4 Å². The molecule has 2 rings (SSSR count). The van der Waals surface area contributed by atoms with Gasteiger partial charge in [0.1, 0.15) is 0 Å². The summed E-state index contributed by atoms with van der Waals surface area (Å²) >= 11 is 0. The second-order valence-corrected chi connectivity index (χ2v) is 4.75. The molecule has 1 saturated carbocycles. The Kier molecular flexibility index (Phi) is 3.33. The Morgan fingerprint density at radius 3 is 2.39 bits per heavy atom. The molecule has 0 atom stereocenters. The van der Waals surface area contributed by atoms with Crippen molar-refractivity contribution in [2.75, 3.05) is 0 Å². The number of hydrogen-bond donors (Lipinski definition) is 0. The van der Waals surface area contributed by atoms with Crippen LogP contribution in [0.25, 0.3) is 0 Å². The average Bonchev–Trinajstić information content (AvgIpc) is 2.69. The normalized spacial score (nSPS) is 21.2. The monoisotopic (exact) mass is 268 g/mol. The molecule has 0 bridgehead atoms. The van der Waals surface area contributed by atoms with E-state index in [-0.39, 0.29) is 25.3 Å². The third kappa shape index (κ3) is 3.20. The largest absolute Gasteiger partial charge is 0.419 e. The molecular weight excluding hydrogens is 255 g/mol. The minimum absolute atomic E-state index is 0.0226. The van der Waals surface area contributed by atoms with E-state index in [1.807, 2.05) is 0 Å². The number of hydrogen-bond acceptors (Lipinski definition) is 1. The van der Waals surface area contributed by atoms with Gasteiger partial charge in [-0.2, -0.15) is 18.3 Å². The van der Waals surface area contributed by atoms with Crippen LogP contribution in [0.1, 0.15) is 31.2 Å². The lowest BCUT2D eigenvalue weighted by Gasteiger charge is -2.28. The van der Waals surface area contributed by atoms with Gasteiger partial charge in [0.15, 0.2) is 0 Å². The van der Waals surface area contributed by atoms with E-state index in [0.29, 0.717) is 12.8 Å². The van der Waals surface area contributed by atoms with Gasteiger partial charge in [-0.1, -0.05) is 0 Å². The lowest BCUT2D eigenvalue weighted by molar-refractivity contribution is -0.137. The van der Waals surface area contributed by atoms with Crippen molar-refractivity contribution in [3.8, 4) is 0 Å². The average molecular weight is 268 g/mol. The molecule has 18 heavy (non-hydrogen) atoms. The predicted molar refractivity (Wildman–Crippen MR) is 54.1 cm³/mol. The maximum Gasteiger partial charge on any atom is 0.419 e. The Balaban J connectivity index is 1.93. The molecule has 1 aliphatic rings. The van der Waals surface area contributed by atoms with Crippen LogP contribution >= 0.6 is 0 Å². The zero-order valence-corrected chi connectivity index (χ0v) is 9.55. The molecule has 0 spiro atoms. The highest BCUT2D eigenvalue weighted by Crippen LogP contribution is 2.37. The Labute approximate surface area is 101 Å². The van der Waals surface area contributed by atoms with Crippen molar-refractivity contribution < 1.29 is 22.0 Å². The lowest BCUT2D eigenvalue weighted by Crippen LogP contribution is -2.26. The lowest BCUT2D eigenvalue weighted by atomic mass is 9.87. The standard InChI is InChI=1S/C11H13F5N2/c12-10(13)3-1-8(2-4-10)6-18-7-9(5-17-18)11(14,15)16/h5,7-8H,1-4,6H2. The Hall–Kier alpha value is -1.14. The van der Waals surface area contributed by atoms with Gasteiger partial charge in [-0.05, 0) is 18.8 Å². The van der Waals surface area contributed by atoms with E-state index in [2.05, 4.69) is 5.10 Å². The van der Waals surface area contributed by atoms with Crippen LogP contribution in [0.3, 0.4) is 0 Å². The summed E-state index contributed by atoms with van der Waals surface area (Å²) in [7, 11) is 0. The van der Waals surface area contributed by atoms with E-state index in [1.54, 1.807) is 0 Å². The molecule has 0 aliphatic heterocycles. The number of rotatable bonds is 2. The van der Waals surface area contributed by atoms with Crippen molar-refractivity contribution in [2.45, 2.75) is 44.3 Å². The summed E-state index contributed by atoms with van der Waals surface area (Å²) in [4.78, 5) is 0. The highest BCUT2D eigenvalue weighted by molar-refractivity contribution is 5.08. The zero-order chi connectivity index (χ0) is 13.4. The van der Waals surface area contributed by atoms with Crippen LogP contribution in [-0.2, 0) is 12.7 Å².